The summed E-state index contributed by atoms with van der Waals surface area (Å²) in [6.45, 7) is 4.73. The summed E-state index contributed by atoms with van der Waals surface area (Å²) < 4.78 is 46.9. The molecule has 1 atom stereocenters. The lowest BCUT2D eigenvalue weighted by Gasteiger charge is -2.40. The predicted octanol–water partition coefficient (Wildman–Crippen LogP) is 6.10. The quantitative estimate of drug-likeness (QED) is 0.180. The number of para-hydroxylation sites is 1. The van der Waals surface area contributed by atoms with Crippen LogP contribution in [0, 0.1) is 6.92 Å². The van der Waals surface area contributed by atoms with Gasteiger partial charge in [-0.3, -0.25) is 14.2 Å². The molecule has 1 aliphatic rings. The highest BCUT2D eigenvalue weighted by Gasteiger charge is 2.33. The monoisotopic (exact) mass is 597 g/mol. The van der Waals surface area contributed by atoms with Crippen molar-refractivity contribution in [2.45, 2.75) is 44.1 Å². The third kappa shape index (κ3) is 6.38. The van der Waals surface area contributed by atoms with Crippen molar-refractivity contribution < 1.29 is 27.2 Å². The molecule has 1 unspecified atom stereocenters. The summed E-state index contributed by atoms with van der Waals surface area (Å²) in [5, 5.41) is 9.46. The molecule has 2 aromatic heterocycles. The number of thioether (sulfide) groups is 1. The number of carbonyl (C=O) groups excluding carboxylic acids is 2. The van der Waals surface area contributed by atoms with Gasteiger partial charge in [-0.2, -0.15) is 13.2 Å². The van der Waals surface area contributed by atoms with Crippen LogP contribution in [0.3, 0.4) is 0 Å². The number of aryl methyl sites for hydroxylation is 1. The third-order valence-corrected chi connectivity index (χ3v) is 8.19. The van der Waals surface area contributed by atoms with Crippen molar-refractivity contribution in [3.05, 3.63) is 83.6 Å². The first kappa shape index (κ1) is 29.4. The van der Waals surface area contributed by atoms with Crippen LogP contribution in [0.15, 0.2) is 76.5 Å². The van der Waals surface area contributed by atoms with E-state index in [1.54, 1.807) is 24.2 Å². The van der Waals surface area contributed by atoms with E-state index in [4.69, 9.17) is 4.42 Å². The smallest absolute Gasteiger partial charge is 0.416 e. The zero-order chi connectivity index (χ0) is 29.9. The lowest BCUT2D eigenvalue weighted by atomic mass is 10.1. The number of hydrogen-bond donors (Lipinski definition) is 0. The molecule has 0 radical (unpaired) electrons. The Labute approximate surface area is 245 Å². The van der Waals surface area contributed by atoms with Gasteiger partial charge in [0.1, 0.15) is 0 Å². The molecule has 0 N–H and O–H groups in total. The van der Waals surface area contributed by atoms with Crippen molar-refractivity contribution in [1.29, 1.82) is 0 Å². The number of halogens is 3. The maximum Gasteiger partial charge on any atom is 0.416 e. The fourth-order valence-corrected chi connectivity index (χ4v) is 5.87. The van der Waals surface area contributed by atoms with E-state index in [9.17, 15) is 22.8 Å². The minimum Gasteiger partial charge on any atom is -0.461 e. The van der Waals surface area contributed by atoms with E-state index >= 15 is 0 Å². The van der Waals surface area contributed by atoms with Crippen molar-refractivity contribution in [3.8, 4) is 17.3 Å². The van der Waals surface area contributed by atoms with Crippen molar-refractivity contribution >= 4 is 23.6 Å². The zero-order valence-corrected chi connectivity index (χ0v) is 24.0. The molecule has 4 aromatic rings. The first-order valence-electron chi connectivity index (χ1n) is 13.6. The third-order valence-electron chi connectivity index (χ3n) is 7.18. The first-order chi connectivity index (χ1) is 20.1. The molecule has 0 aliphatic carbocycles. The number of piperazine rings is 1. The summed E-state index contributed by atoms with van der Waals surface area (Å²) in [6.07, 6.45) is -2.00. The number of nitrogens with zero attached hydrogens (tertiary/aromatic N) is 5. The van der Waals surface area contributed by atoms with Crippen LogP contribution in [-0.4, -0.2) is 67.8 Å². The molecule has 220 valence electrons. The lowest BCUT2D eigenvalue weighted by molar-refractivity contribution is -0.137. The number of amides is 2. The zero-order valence-electron chi connectivity index (χ0n) is 23.2. The van der Waals surface area contributed by atoms with Crippen LogP contribution in [0.5, 0.6) is 0 Å². The van der Waals surface area contributed by atoms with Gasteiger partial charge in [0.15, 0.2) is 10.9 Å². The minimum atomic E-state index is -4.52. The maximum atomic E-state index is 13.1. The van der Waals surface area contributed by atoms with Gasteiger partial charge >= 0.3 is 6.18 Å². The van der Waals surface area contributed by atoms with Crippen LogP contribution in [0.1, 0.15) is 41.3 Å². The van der Waals surface area contributed by atoms with Gasteiger partial charge in [0.05, 0.1) is 17.5 Å². The first-order valence-corrected chi connectivity index (χ1v) is 14.6. The van der Waals surface area contributed by atoms with E-state index < -0.39 is 17.6 Å². The van der Waals surface area contributed by atoms with E-state index in [1.807, 2.05) is 41.8 Å². The number of carbonyl (C=O) groups is 2. The standard InChI is InChI=1S/C30H30F3N5O3S/c1-20-8-3-4-11-24(20)38-27(25-12-6-16-41-25)34-35-29(38)42-17-7-13-26(39)36-14-15-37(21(2)19-36)28(40)22-9-5-10-23(18-22)30(31,32)33/h3-6,8-12,16,18,21H,7,13-15,17,19H2,1-2H3. The van der Waals surface area contributed by atoms with Gasteiger partial charge in [0.2, 0.25) is 11.7 Å². The summed E-state index contributed by atoms with van der Waals surface area (Å²) in [5.41, 5.74) is 1.13. The van der Waals surface area contributed by atoms with E-state index in [-0.39, 0.29) is 24.1 Å². The number of rotatable bonds is 8. The number of hydrogen-bond acceptors (Lipinski definition) is 6. The average Bonchev–Trinajstić information content (AvgIpc) is 3.65. The van der Waals surface area contributed by atoms with Gasteiger partial charge in [0.25, 0.3) is 5.91 Å². The van der Waals surface area contributed by atoms with Gasteiger partial charge in [-0.05, 0) is 62.2 Å². The van der Waals surface area contributed by atoms with Crippen molar-refractivity contribution in [2.24, 2.45) is 0 Å². The molecule has 42 heavy (non-hydrogen) atoms. The molecule has 2 aromatic carbocycles. The second-order valence-corrected chi connectivity index (χ2v) is 11.2. The Morgan fingerprint density at radius 1 is 1.05 bits per heavy atom. The number of alkyl halides is 3. The molecule has 0 saturated carbocycles. The largest absolute Gasteiger partial charge is 0.461 e. The highest BCUT2D eigenvalue weighted by molar-refractivity contribution is 7.99. The van der Waals surface area contributed by atoms with Gasteiger partial charge in [-0.1, -0.05) is 36.0 Å². The van der Waals surface area contributed by atoms with Crippen molar-refractivity contribution in [1.82, 2.24) is 24.6 Å². The second kappa shape index (κ2) is 12.4. The summed E-state index contributed by atoms with van der Waals surface area (Å²) in [7, 11) is 0. The van der Waals surface area contributed by atoms with E-state index in [0.29, 0.717) is 48.4 Å². The van der Waals surface area contributed by atoms with Gasteiger partial charge in [-0.15, -0.1) is 10.2 Å². The summed E-state index contributed by atoms with van der Waals surface area (Å²) in [5.74, 6) is 1.35. The number of benzene rings is 2. The molecule has 3 heterocycles. The van der Waals surface area contributed by atoms with Crippen molar-refractivity contribution in [2.75, 3.05) is 25.4 Å². The summed E-state index contributed by atoms with van der Waals surface area (Å²) >= 11 is 1.51. The minimum absolute atomic E-state index is 0.0118. The Morgan fingerprint density at radius 2 is 1.86 bits per heavy atom. The normalized spacial score (nSPS) is 15.7. The van der Waals surface area contributed by atoms with Gasteiger partial charge in [0, 0.05) is 43.4 Å². The second-order valence-electron chi connectivity index (χ2n) is 10.1. The van der Waals surface area contributed by atoms with Gasteiger partial charge in [-0.25, -0.2) is 0 Å². The fraction of sp³-hybridized carbons (Fsp3) is 0.333. The topological polar surface area (TPSA) is 84.5 Å². The van der Waals surface area contributed by atoms with E-state index in [1.165, 1.54) is 28.8 Å². The Bertz CT molecular complexity index is 1550. The lowest BCUT2D eigenvalue weighted by Crippen LogP contribution is -2.55. The number of furan rings is 1. The van der Waals surface area contributed by atoms with Crippen LogP contribution in [0.4, 0.5) is 13.2 Å². The molecule has 2 amide bonds. The number of aromatic nitrogens is 3. The van der Waals surface area contributed by atoms with Crippen molar-refractivity contribution in [3.63, 3.8) is 0 Å². The fourth-order valence-electron chi connectivity index (χ4n) is 4.99. The Hall–Kier alpha value is -4.06. The molecule has 0 bridgehead atoms. The van der Waals surface area contributed by atoms with Gasteiger partial charge < -0.3 is 14.2 Å². The van der Waals surface area contributed by atoms with Crippen LogP contribution >= 0.6 is 11.8 Å². The van der Waals surface area contributed by atoms with E-state index in [0.717, 1.165) is 23.4 Å². The highest BCUT2D eigenvalue weighted by atomic mass is 32.2. The van der Waals surface area contributed by atoms with Crippen LogP contribution < -0.4 is 0 Å². The molecular formula is C30H30F3N5O3S. The predicted molar refractivity (Wildman–Crippen MR) is 152 cm³/mol. The molecular weight excluding hydrogens is 567 g/mol. The average molecular weight is 598 g/mol. The van der Waals surface area contributed by atoms with Crippen LogP contribution in [-0.2, 0) is 11.0 Å². The Balaban J connectivity index is 1.16. The summed E-state index contributed by atoms with van der Waals surface area (Å²) in [4.78, 5) is 29.2. The molecule has 8 nitrogen and oxygen atoms in total. The Morgan fingerprint density at radius 3 is 2.57 bits per heavy atom. The molecule has 0 spiro atoms. The molecule has 1 fully saturated rings. The summed E-state index contributed by atoms with van der Waals surface area (Å²) in [6, 6.07) is 15.7. The molecule has 5 rings (SSSR count). The SMILES string of the molecule is Cc1ccccc1-n1c(SCCCC(=O)N2CCN(C(=O)c3cccc(C(F)(F)F)c3)C(C)C2)nnc1-c1ccco1. The highest BCUT2D eigenvalue weighted by Crippen LogP contribution is 2.31. The molecule has 1 aliphatic heterocycles. The molecule has 1 saturated heterocycles. The Kier molecular flexibility index (Phi) is 8.72. The van der Waals surface area contributed by atoms with Crippen LogP contribution in [0.2, 0.25) is 0 Å². The van der Waals surface area contributed by atoms with Crippen LogP contribution in [0.25, 0.3) is 17.3 Å². The molecule has 12 heteroatoms. The maximum absolute atomic E-state index is 13.1. The van der Waals surface area contributed by atoms with E-state index in [2.05, 4.69) is 10.2 Å².